The van der Waals surface area contributed by atoms with Gasteiger partial charge in [0, 0.05) is 12.1 Å². The quantitative estimate of drug-likeness (QED) is 0.536. The molecule has 6 heteroatoms. The number of carbonyl (C=O) groups is 2. The zero-order valence-corrected chi connectivity index (χ0v) is 16.2. The van der Waals surface area contributed by atoms with Crippen molar-refractivity contribution in [3.8, 4) is 0 Å². The lowest BCUT2D eigenvalue weighted by Crippen LogP contribution is -2.38. The third-order valence-electron chi connectivity index (χ3n) is 4.21. The molecule has 1 rings (SSSR count). The number of hydrogen-bond donors (Lipinski definition) is 4. The van der Waals surface area contributed by atoms with E-state index in [1.807, 2.05) is 39.0 Å². The highest BCUT2D eigenvalue weighted by atomic mass is 16.4. The number of β-amino-alcohol motifs (C(OH)–C–C–N with tert-alkyl or cyclic N) is 1. The predicted molar refractivity (Wildman–Crippen MR) is 100 cm³/mol. The first-order valence-corrected chi connectivity index (χ1v) is 8.90. The van der Waals surface area contributed by atoms with Crippen LogP contribution in [0.2, 0.25) is 0 Å². The maximum Gasteiger partial charge on any atom is 0.306 e. The topological polar surface area (TPSA) is 107 Å². The molecule has 26 heavy (non-hydrogen) atoms. The van der Waals surface area contributed by atoms with Crippen molar-refractivity contribution in [2.24, 2.45) is 11.8 Å². The summed E-state index contributed by atoms with van der Waals surface area (Å²) < 4.78 is 0. The SMILES string of the molecule is CC(Cc1cc(CC(C)C(=O)O)cc(C(O)CNC(C)(C)C)c1)C(=O)O. The molecule has 0 aliphatic carbocycles. The van der Waals surface area contributed by atoms with Gasteiger partial charge in [0.15, 0.2) is 0 Å². The summed E-state index contributed by atoms with van der Waals surface area (Å²) in [6.45, 7) is 9.63. The number of aliphatic hydroxyl groups is 1. The van der Waals surface area contributed by atoms with Gasteiger partial charge in [0.1, 0.15) is 0 Å². The summed E-state index contributed by atoms with van der Waals surface area (Å²) in [7, 11) is 0. The van der Waals surface area contributed by atoms with Gasteiger partial charge in [-0.1, -0.05) is 32.0 Å². The molecule has 146 valence electrons. The van der Waals surface area contributed by atoms with Crippen LogP contribution in [-0.4, -0.2) is 39.3 Å². The average molecular weight is 365 g/mol. The number of carboxylic acids is 2. The molecule has 0 aromatic heterocycles. The van der Waals surface area contributed by atoms with Crippen LogP contribution in [0.15, 0.2) is 18.2 Å². The van der Waals surface area contributed by atoms with Crippen LogP contribution in [0.1, 0.15) is 57.4 Å². The molecule has 6 nitrogen and oxygen atoms in total. The van der Waals surface area contributed by atoms with Crippen LogP contribution in [0.4, 0.5) is 0 Å². The van der Waals surface area contributed by atoms with Crippen molar-refractivity contribution in [1.29, 1.82) is 0 Å². The van der Waals surface area contributed by atoms with E-state index in [0.717, 1.165) is 11.1 Å². The molecule has 0 saturated heterocycles. The standard InChI is InChI=1S/C20H31NO5/c1-12(18(23)24)6-14-8-15(7-13(2)19(25)26)10-16(9-14)17(22)11-21-20(3,4)5/h8-10,12-13,17,21-22H,6-7,11H2,1-5H3,(H,23,24)(H,25,26). The first kappa shape index (κ1) is 22.1. The van der Waals surface area contributed by atoms with Gasteiger partial charge in [-0.2, -0.15) is 0 Å². The number of carboxylic acid groups (broad SMARTS) is 2. The van der Waals surface area contributed by atoms with Crippen molar-refractivity contribution >= 4 is 11.9 Å². The summed E-state index contributed by atoms with van der Waals surface area (Å²) in [5.41, 5.74) is 2.11. The third-order valence-corrected chi connectivity index (χ3v) is 4.21. The fourth-order valence-corrected chi connectivity index (χ4v) is 2.62. The Hall–Kier alpha value is -1.92. The van der Waals surface area contributed by atoms with Crippen LogP contribution < -0.4 is 5.32 Å². The number of nitrogens with one attached hydrogen (secondary N) is 1. The second-order valence-corrected chi connectivity index (χ2v) is 8.12. The van der Waals surface area contributed by atoms with Gasteiger partial charge in [0.2, 0.25) is 0 Å². The summed E-state index contributed by atoms with van der Waals surface area (Å²) in [4.78, 5) is 22.3. The lowest BCUT2D eigenvalue weighted by Gasteiger charge is -2.24. The van der Waals surface area contributed by atoms with E-state index in [1.165, 1.54) is 0 Å². The number of benzene rings is 1. The monoisotopic (exact) mass is 365 g/mol. The molecule has 0 saturated carbocycles. The molecule has 1 aromatic rings. The van der Waals surface area contributed by atoms with E-state index in [4.69, 9.17) is 10.2 Å². The highest BCUT2D eigenvalue weighted by Gasteiger charge is 2.19. The molecule has 0 bridgehead atoms. The molecule has 0 fully saturated rings. The Labute approximate surface area is 155 Å². The van der Waals surface area contributed by atoms with Crippen LogP contribution in [0, 0.1) is 11.8 Å². The summed E-state index contributed by atoms with van der Waals surface area (Å²) in [5.74, 6) is -2.88. The summed E-state index contributed by atoms with van der Waals surface area (Å²) in [6.07, 6.45) is -0.0955. The minimum Gasteiger partial charge on any atom is -0.481 e. The van der Waals surface area contributed by atoms with E-state index < -0.39 is 29.9 Å². The van der Waals surface area contributed by atoms with E-state index in [2.05, 4.69) is 5.32 Å². The normalized spacial score (nSPS) is 15.3. The van der Waals surface area contributed by atoms with Gasteiger partial charge in [-0.3, -0.25) is 9.59 Å². The smallest absolute Gasteiger partial charge is 0.306 e. The van der Waals surface area contributed by atoms with Crippen LogP contribution in [-0.2, 0) is 22.4 Å². The molecular formula is C20H31NO5. The maximum atomic E-state index is 11.2. The fraction of sp³-hybridized carbons (Fsp3) is 0.600. The van der Waals surface area contributed by atoms with Crippen LogP contribution in [0.25, 0.3) is 0 Å². The second kappa shape index (κ2) is 9.14. The predicted octanol–water partition coefficient (Wildman–Crippen LogP) is 2.63. The van der Waals surface area contributed by atoms with Gasteiger partial charge in [-0.25, -0.2) is 0 Å². The molecule has 0 radical (unpaired) electrons. The summed E-state index contributed by atoms with van der Waals surface area (Å²) >= 11 is 0. The third kappa shape index (κ3) is 7.54. The van der Waals surface area contributed by atoms with Crippen molar-refractivity contribution in [2.45, 2.75) is 59.1 Å². The molecule has 1 aromatic carbocycles. The molecule has 0 amide bonds. The van der Waals surface area contributed by atoms with Gasteiger partial charge < -0.3 is 20.6 Å². The number of hydrogen-bond acceptors (Lipinski definition) is 4. The Kier molecular flexibility index (Phi) is 7.78. The largest absolute Gasteiger partial charge is 0.481 e. The zero-order chi connectivity index (χ0) is 20.1. The summed E-state index contributed by atoms with van der Waals surface area (Å²) in [6, 6.07) is 5.46. The Morgan fingerprint density at radius 2 is 1.38 bits per heavy atom. The molecule has 3 unspecified atom stereocenters. The van der Waals surface area contributed by atoms with Crippen LogP contribution in [0.3, 0.4) is 0 Å². The van der Waals surface area contributed by atoms with Crippen molar-refractivity contribution < 1.29 is 24.9 Å². The van der Waals surface area contributed by atoms with Crippen molar-refractivity contribution in [2.75, 3.05) is 6.54 Å². The Morgan fingerprint density at radius 3 is 1.73 bits per heavy atom. The molecule has 0 aliphatic rings. The van der Waals surface area contributed by atoms with E-state index >= 15 is 0 Å². The lowest BCUT2D eigenvalue weighted by molar-refractivity contribution is -0.142. The minimum absolute atomic E-state index is 0.142. The molecule has 0 heterocycles. The lowest BCUT2D eigenvalue weighted by atomic mass is 9.92. The van der Waals surface area contributed by atoms with Gasteiger partial charge >= 0.3 is 11.9 Å². The maximum absolute atomic E-state index is 11.2. The molecule has 4 N–H and O–H groups in total. The molecule has 0 spiro atoms. The van der Waals surface area contributed by atoms with Crippen molar-refractivity contribution in [1.82, 2.24) is 5.32 Å². The Morgan fingerprint density at radius 1 is 0.962 bits per heavy atom. The van der Waals surface area contributed by atoms with E-state index in [1.54, 1.807) is 13.8 Å². The first-order chi connectivity index (χ1) is 11.9. The van der Waals surface area contributed by atoms with Crippen LogP contribution >= 0.6 is 0 Å². The van der Waals surface area contributed by atoms with Gasteiger partial charge in [-0.15, -0.1) is 0 Å². The van der Waals surface area contributed by atoms with E-state index in [9.17, 15) is 14.7 Å². The van der Waals surface area contributed by atoms with Gasteiger partial charge in [0.25, 0.3) is 0 Å². The summed E-state index contributed by atoms with van der Waals surface area (Å²) in [5, 5.41) is 32.1. The number of aliphatic hydroxyl groups excluding tert-OH is 1. The highest BCUT2D eigenvalue weighted by Crippen LogP contribution is 2.22. The molecule has 0 aliphatic heterocycles. The second-order valence-electron chi connectivity index (χ2n) is 8.12. The fourth-order valence-electron chi connectivity index (χ4n) is 2.62. The van der Waals surface area contributed by atoms with Gasteiger partial charge in [0.05, 0.1) is 17.9 Å². The first-order valence-electron chi connectivity index (χ1n) is 8.90. The molecule has 3 atom stereocenters. The zero-order valence-electron chi connectivity index (χ0n) is 16.2. The van der Waals surface area contributed by atoms with E-state index in [-0.39, 0.29) is 5.54 Å². The highest BCUT2D eigenvalue weighted by molar-refractivity contribution is 5.70. The minimum atomic E-state index is -0.884. The van der Waals surface area contributed by atoms with Gasteiger partial charge in [-0.05, 0) is 50.3 Å². The number of aliphatic carboxylic acids is 2. The van der Waals surface area contributed by atoms with Crippen molar-refractivity contribution in [3.63, 3.8) is 0 Å². The average Bonchev–Trinajstić information content (AvgIpc) is 2.51. The Bertz CT molecular complexity index is 595. The number of rotatable bonds is 9. The van der Waals surface area contributed by atoms with Crippen molar-refractivity contribution in [3.05, 3.63) is 34.9 Å². The van der Waals surface area contributed by atoms with Crippen LogP contribution in [0.5, 0.6) is 0 Å². The van der Waals surface area contributed by atoms with E-state index in [0.29, 0.717) is 24.9 Å². The molecular weight excluding hydrogens is 334 g/mol. The Balaban J connectivity index is 3.09.